The molecule has 180 valence electrons. The summed E-state index contributed by atoms with van der Waals surface area (Å²) in [5, 5.41) is 13.0. The number of hydrogen-bond acceptors (Lipinski definition) is 8. The van der Waals surface area contributed by atoms with Crippen molar-refractivity contribution >= 4 is 40.0 Å². The maximum absolute atomic E-state index is 12.9. The van der Waals surface area contributed by atoms with Gasteiger partial charge in [0.25, 0.3) is 0 Å². The number of methoxy groups -OCH3 is 1. The second-order valence-electron chi connectivity index (χ2n) is 9.13. The molecule has 1 N–H and O–H groups in total. The van der Waals surface area contributed by atoms with Gasteiger partial charge in [-0.25, -0.2) is 4.79 Å². The van der Waals surface area contributed by atoms with Crippen molar-refractivity contribution in [2.24, 2.45) is 5.92 Å². The van der Waals surface area contributed by atoms with Crippen LogP contribution in [0.15, 0.2) is 5.16 Å². The number of anilines is 1. The van der Waals surface area contributed by atoms with Crippen molar-refractivity contribution in [1.82, 2.24) is 14.8 Å². The first kappa shape index (κ1) is 24.2. The number of esters is 1. The average molecular weight is 493 g/mol. The minimum Gasteiger partial charge on any atom is -0.465 e. The molecule has 4 rings (SSSR count). The van der Waals surface area contributed by atoms with Crippen molar-refractivity contribution in [1.29, 1.82) is 0 Å². The van der Waals surface area contributed by atoms with E-state index >= 15 is 0 Å². The molecule has 10 heteroatoms. The van der Waals surface area contributed by atoms with Crippen LogP contribution < -0.4 is 5.32 Å². The fourth-order valence-corrected chi connectivity index (χ4v) is 6.62. The summed E-state index contributed by atoms with van der Waals surface area (Å²) in [5.74, 6) is 1.33. The summed E-state index contributed by atoms with van der Waals surface area (Å²) >= 11 is 2.86. The van der Waals surface area contributed by atoms with E-state index in [4.69, 9.17) is 9.47 Å². The second kappa shape index (κ2) is 10.6. The minimum atomic E-state index is -0.386. The number of thioether (sulfide) groups is 1. The molecule has 2 aliphatic rings. The molecule has 1 aliphatic carbocycles. The van der Waals surface area contributed by atoms with Crippen LogP contribution in [0.1, 0.15) is 72.6 Å². The third-order valence-electron chi connectivity index (χ3n) is 6.16. The van der Waals surface area contributed by atoms with Crippen LogP contribution in [0, 0.1) is 5.92 Å². The van der Waals surface area contributed by atoms with Crippen molar-refractivity contribution < 1.29 is 19.1 Å². The topological polar surface area (TPSA) is 95.3 Å². The molecule has 2 unspecified atom stereocenters. The van der Waals surface area contributed by atoms with Gasteiger partial charge in [0.1, 0.15) is 10.8 Å². The molecule has 8 nitrogen and oxygen atoms in total. The maximum atomic E-state index is 12.9. The molecule has 0 radical (unpaired) electrons. The molecule has 0 spiro atoms. The molecule has 0 aromatic carbocycles. The van der Waals surface area contributed by atoms with Crippen LogP contribution in [0.4, 0.5) is 5.00 Å². The van der Waals surface area contributed by atoms with Crippen LogP contribution in [-0.2, 0) is 33.7 Å². The van der Waals surface area contributed by atoms with E-state index in [0.29, 0.717) is 23.0 Å². The van der Waals surface area contributed by atoms with E-state index in [1.807, 2.05) is 0 Å². The zero-order valence-electron chi connectivity index (χ0n) is 19.7. The van der Waals surface area contributed by atoms with Gasteiger partial charge in [-0.15, -0.1) is 21.5 Å². The highest BCUT2D eigenvalue weighted by molar-refractivity contribution is 7.99. The summed E-state index contributed by atoms with van der Waals surface area (Å²) in [6.45, 7) is 7.89. The molecule has 0 saturated carbocycles. The van der Waals surface area contributed by atoms with Gasteiger partial charge in [0.15, 0.2) is 5.16 Å². The Morgan fingerprint density at radius 2 is 2.15 bits per heavy atom. The van der Waals surface area contributed by atoms with Gasteiger partial charge in [0.2, 0.25) is 5.91 Å². The lowest BCUT2D eigenvalue weighted by molar-refractivity contribution is -0.113. The maximum Gasteiger partial charge on any atom is 0.341 e. The minimum absolute atomic E-state index is 0.161. The number of carbonyl (C=O) groups excluding carboxylic acids is 2. The van der Waals surface area contributed by atoms with E-state index in [9.17, 15) is 9.59 Å². The summed E-state index contributed by atoms with van der Waals surface area (Å²) in [5.41, 5.74) is 1.55. The van der Waals surface area contributed by atoms with Gasteiger partial charge < -0.3 is 19.4 Å². The quantitative estimate of drug-likeness (QED) is 0.434. The number of hydrogen-bond donors (Lipinski definition) is 1. The standard InChI is InChI=1S/C23H32N4O4S2/c1-13(2)20-25-26-23(27(20)11-15-6-5-9-31-15)32-12-18(28)24-21-19(22(29)30-4)16-8-7-14(3)10-17(16)33-21/h13-15H,5-12H2,1-4H3,(H,24,28). The lowest BCUT2D eigenvalue weighted by atomic mass is 9.88. The largest absolute Gasteiger partial charge is 0.465 e. The number of amides is 1. The highest BCUT2D eigenvalue weighted by Crippen LogP contribution is 2.40. The molecular formula is C23H32N4O4S2. The van der Waals surface area contributed by atoms with Crippen molar-refractivity contribution in [3.8, 4) is 0 Å². The number of fused-ring (bicyclic) bond motifs is 1. The van der Waals surface area contributed by atoms with Gasteiger partial charge >= 0.3 is 5.97 Å². The van der Waals surface area contributed by atoms with Crippen LogP contribution in [0.2, 0.25) is 0 Å². The summed E-state index contributed by atoms with van der Waals surface area (Å²) in [7, 11) is 1.38. The normalized spacial score (nSPS) is 20.2. The van der Waals surface area contributed by atoms with Gasteiger partial charge in [0, 0.05) is 17.4 Å². The first-order chi connectivity index (χ1) is 15.9. The van der Waals surface area contributed by atoms with E-state index < -0.39 is 0 Å². The first-order valence-electron chi connectivity index (χ1n) is 11.6. The predicted octanol–water partition coefficient (Wildman–Crippen LogP) is 4.28. The Bertz CT molecular complexity index is 1010. The van der Waals surface area contributed by atoms with Gasteiger partial charge in [0.05, 0.1) is 31.1 Å². The fraction of sp³-hybridized carbons (Fsp3) is 0.652. The highest BCUT2D eigenvalue weighted by Gasteiger charge is 2.29. The number of ether oxygens (including phenoxy) is 2. The zero-order valence-corrected chi connectivity index (χ0v) is 21.3. The molecule has 1 amide bonds. The van der Waals surface area contributed by atoms with E-state index in [2.05, 4.69) is 40.9 Å². The number of rotatable bonds is 8. The Balaban J connectivity index is 1.46. The number of nitrogens with zero attached hydrogens (tertiary/aromatic N) is 3. The third kappa shape index (κ3) is 5.44. The second-order valence-corrected chi connectivity index (χ2v) is 11.2. The number of thiophene rings is 1. The molecule has 2 aromatic rings. The lowest BCUT2D eigenvalue weighted by Crippen LogP contribution is -2.20. The highest BCUT2D eigenvalue weighted by atomic mass is 32.2. The Labute approximate surface area is 202 Å². The Kier molecular flexibility index (Phi) is 7.76. The van der Waals surface area contributed by atoms with Crippen LogP contribution in [0.25, 0.3) is 0 Å². The summed E-state index contributed by atoms with van der Waals surface area (Å²) in [4.78, 5) is 26.5. The van der Waals surface area contributed by atoms with E-state index in [0.717, 1.165) is 55.3 Å². The Hall–Kier alpha value is -1.91. The lowest BCUT2D eigenvalue weighted by Gasteiger charge is -2.18. The van der Waals surface area contributed by atoms with Gasteiger partial charge in [-0.1, -0.05) is 32.5 Å². The van der Waals surface area contributed by atoms with Gasteiger partial charge in [-0.3, -0.25) is 4.79 Å². The first-order valence-corrected chi connectivity index (χ1v) is 13.4. The van der Waals surface area contributed by atoms with Crippen molar-refractivity contribution in [3.63, 3.8) is 0 Å². The van der Waals surface area contributed by atoms with Crippen molar-refractivity contribution in [3.05, 3.63) is 21.8 Å². The Morgan fingerprint density at radius 1 is 1.33 bits per heavy atom. The number of nitrogens with one attached hydrogen (secondary N) is 1. The Morgan fingerprint density at radius 3 is 2.85 bits per heavy atom. The third-order valence-corrected chi connectivity index (χ3v) is 8.30. The van der Waals surface area contributed by atoms with E-state index in [1.165, 1.54) is 35.1 Å². The molecular weight excluding hydrogens is 460 g/mol. The monoisotopic (exact) mass is 492 g/mol. The molecule has 1 saturated heterocycles. The predicted molar refractivity (Wildman–Crippen MR) is 129 cm³/mol. The molecule has 3 heterocycles. The number of carbonyl (C=O) groups is 2. The van der Waals surface area contributed by atoms with Crippen molar-refractivity contribution in [2.75, 3.05) is 24.8 Å². The zero-order chi connectivity index (χ0) is 23.5. The molecule has 2 atom stereocenters. The molecule has 0 bridgehead atoms. The SMILES string of the molecule is COC(=O)c1c(NC(=O)CSc2nnc(C(C)C)n2CC2CCCO2)sc2c1CCC(C)C2. The van der Waals surface area contributed by atoms with Crippen molar-refractivity contribution in [2.45, 2.75) is 76.6 Å². The van der Waals surface area contributed by atoms with Gasteiger partial charge in [-0.05, 0) is 43.6 Å². The average Bonchev–Trinajstić information content (AvgIpc) is 3.50. The van der Waals surface area contributed by atoms with E-state index in [1.54, 1.807) is 0 Å². The fourth-order valence-electron chi connectivity index (χ4n) is 4.45. The molecule has 2 aromatic heterocycles. The van der Waals surface area contributed by atoms with Gasteiger partial charge in [-0.2, -0.15) is 0 Å². The number of aromatic nitrogens is 3. The van der Waals surface area contributed by atoms with Crippen LogP contribution in [0.3, 0.4) is 0 Å². The van der Waals surface area contributed by atoms with Crippen LogP contribution in [-0.4, -0.2) is 52.2 Å². The molecule has 1 aliphatic heterocycles. The molecule has 33 heavy (non-hydrogen) atoms. The van der Waals surface area contributed by atoms with Crippen LogP contribution in [0.5, 0.6) is 0 Å². The smallest absolute Gasteiger partial charge is 0.341 e. The summed E-state index contributed by atoms with van der Waals surface area (Å²) in [6, 6.07) is 0. The van der Waals surface area contributed by atoms with Crippen LogP contribution >= 0.6 is 23.1 Å². The summed E-state index contributed by atoms with van der Waals surface area (Å²) < 4.78 is 12.9. The summed E-state index contributed by atoms with van der Waals surface area (Å²) in [6.07, 6.45) is 5.06. The van der Waals surface area contributed by atoms with E-state index in [-0.39, 0.29) is 29.7 Å². The molecule has 1 fully saturated rings.